The summed E-state index contributed by atoms with van der Waals surface area (Å²) in [7, 11) is 0. The molecule has 0 saturated heterocycles. The molecule has 1 rings (SSSR count). The average Bonchev–Trinajstić information content (AvgIpc) is 2.07. The van der Waals surface area contributed by atoms with E-state index in [2.05, 4.69) is 4.74 Å². The van der Waals surface area contributed by atoms with Crippen LogP contribution in [-0.4, -0.2) is 35.0 Å². The van der Waals surface area contributed by atoms with Crippen LogP contribution in [0.4, 0.5) is 0 Å². The number of rotatable bonds is 2. The maximum absolute atomic E-state index is 10.5. The molecule has 0 bridgehead atoms. The van der Waals surface area contributed by atoms with E-state index in [0.717, 1.165) is 0 Å². The Kier molecular flexibility index (Phi) is 3.22. The lowest BCUT2D eigenvalue weighted by molar-refractivity contribution is -0.140. The fraction of sp³-hybridized carbons (Fsp3) is 0.444. The molecule has 2 atom stereocenters. The molecular weight excluding hydrogens is 172 g/mol. The summed E-state index contributed by atoms with van der Waals surface area (Å²) in [6.07, 6.45) is 2.85. The van der Waals surface area contributed by atoms with Gasteiger partial charge in [-0.1, -0.05) is 18.2 Å². The molecule has 0 saturated carbocycles. The van der Waals surface area contributed by atoms with E-state index < -0.39 is 18.2 Å². The van der Waals surface area contributed by atoms with Crippen molar-refractivity contribution in [2.24, 2.45) is 0 Å². The highest BCUT2D eigenvalue weighted by Crippen LogP contribution is 2.13. The van der Waals surface area contributed by atoms with Gasteiger partial charge < -0.3 is 14.9 Å². The Balaban J connectivity index is 2.53. The Labute approximate surface area is 76.1 Å². The van der Waals surface area contributed by atoms with Crippen molar-refractivity contribution in [3.63, 3.8) is 0 Å². The number of hydrogen-bond donors (Lipinski definition) is 2. The summed E-state index contributed by atoms with van der Waals surface area (Å²) in [6, 6.07) is 0. The van der Waals surface area contributed by atoms with E-state index in [0.29, 0.717) is 5.57 Å². The molecule has 2 N–H and O–H groups in total. The molecule has 72 valence electrons. The third kappa shape index (κ3) is 2.68. The second kappa shape index (κ2) is 4.20. The zero-order valence-corrected chi connectivity index (χ0v) is 7.30. The molecule has 0 heterocycles. The van der Waals surface area contributed by atoms with Gasteiger partial charge in [-0.25, -0.2) is 0 Å². The number of aliphatic hydroxyl groups is 2. The van der Waals surface area contributed by atoms with Gasteiger partial charge in [-0.15, -0.1) is 0 Å². The lowest BCUT2D eigenvalue weighted by atomic mass is 10.00. The van der Waals surface area contributed by atoms with Gasteiger partial charge in [-0.2, -0.15) is 0 Å². The van der Waals surface area contributed by atoms with Crippen LogP contribution in [0, 0.1) is 0 Å². The predicted molar refractivity (Wildman–Crippen MR) is 45.9 cm³/mol. The normalized spacial score (nSPS) is 26.8. The summed E-state index contributed by atoms with van der Waals surface area (Å²) in [6.45, 7) is 1.32. The number of carbonyl (C=O) groups excluding carboxylic acids is 1. The summed E-state index contributed by atoms with van der Waals surface area (Å²) in [4.78, 5) is 10.5. The van der Waals surface area contributed by atoms with Crippen LogP contribution < -0.4 is 0 Å². The molecule has 0 aliphatic heterocycles. The van der Waals surface area contributed by atoms with Gasteiger partial charge in [0.05, 0.1) is 0 Å². The molecule has 0 fully saturated rings. The Morgan fingerprint density at radius 2 is 2.31 bits per heavy atom. The molecule has 0 aromatic rings. The standard InChI is InChI=1S/C9H12O4/c1-6(10)13-5-7-3-2-4-8(11)9(7)12/h2-4,8-9,11-12H,5H2,1H3. The number of esters is 1. The van der Waals surface area contributed by atoms with E-state index >= 15 is 0 Å². The quantitative estimate of drug-likeness (QED) is 0.582. The lowest BCUT2D eigenvalue weighted by Crippen LogP contribution is -2.30. The average molecular weight is 184 g/mol. The van der Waals surface area contributed by atoms with Crippen LogP contribution in [0.2, 0.25) is 0 Å². The fourth-order valence-corrected chi connectivity index (χ4v) is 1.03. The van der Waals surface area contributed by atoms with E-state index in [4.69, 9.17) is 0 Å². The van der Waals surface area contributed by atoms with Crippen LogP contribution in [0.25, 0.3) is 0 Å². The molecule has 0 spiro atoms. The monoisotopic (exact) mass is 184 g/mol. The van der Waals surface area contributed by atoms with Gasteiger partial charge in [0, 0.05) is 6.92 Å². The molecule has 0 radical (unpaired) electrons. The molecule has 1 aliphatic carbocycles. The van der Waals surface area contributed by atoms with Crippen LogP contribution in [0.5, 0.6) is 0 Å². The van der Waals surface area contributed by atoms with Gasteiger partial charge in [0.15, 0.2) is 0 Å². The molecular formula is C9H12O4. The highest BCUT2D eigenvalue weighted by atomic mass is 16.5. The van der Waals surface area contributed by atoms with Crippen molar-refractivity contribution in [3.8, 4) is 0 Å². The Morgan fingerprint density at radius 1 is 1.62 bits per heavy atom. The largest absolute Gasteiger partial charge is 0.461 e. The SMILES string of the molecule is CC(=O)OCC1=CC=CC(O)C1O. The number of carbonyl (C=O) groups is 1. The van der Waals surface area contributed by atoms with Crippen molar-refractivity contribution in [2.45, 2.75) is 19.1 Å². The Bertz CT molecular complexity index is 254. The van der Waals surface area contributed by atoms with E-state index in [1.807, 2.05) is 0 Å². The van der Waals surface area contributed by atoms with Gasteiger partial charge in [-0.05, 0) is 5.57 Å². The van der Waals surface area contributed by atoms with Crippen molar-refractivity contribution in [3.05, 3.63) is 23.8 Å². The summed E-state index contributed by atoms with van der Waals surface area (Å²) in [5.74, 6) is -0.405. The van der Waals surface area contributed by atoms with Gasteiger partial charge in [0.25, 0.3) is 0 Å². The van der Waals surface area contributed by atoms with E-state index in [1.54, 1.807) is 12.2 Å². The lowest BCUT2D eigenvalue weighted by Gasteiger charge is -2.20. The summed E-state index contributed by atoms with van der Waals surface area (Å²) in [5.41, 5.74) is 0.505. The highest BCUT2D eigenvalue weighted by Gasteiger charge is 2.21. The van der Waals surface area contributed by atoms with Crippen LogP contribution >= 0.6 is 0 Å². The molecule has 4 nitrogen and oxygen atoms in total. The molecule has 4 heteroatoms. The van der Waals surface area contributed by atoms with Crippen LogP contribution in [0.3, 0.4) is 0 Å². The molecule has 1 aliphatic rings. The summed E-state index contributed by atoms with van der Waals surface area (Å²) >= 11 is 0. The molecule has 0 aromatic heterocycles. The first-order chi connectivity index (χ1) is 6.11. The van der Waals surface area contributed by atoms with E-state index in [1.165, 1.54) is 13.0 Å². The zero-order valence-electron chi connectivity index (χ0n) is 7.30. The number of allylic oxidation sites excluding steroid dienone is 2. The van der Waals surface area contributed by atoms with Crippen LogP contribution in [-0.2, 0) is 9.53 Å². The van der Waals surface area contributed by atoms with Crippen molar-refractivity contribution >= 4 is 5.97 Å². The molecule has 13 heavy (non-hydrogen) atoms. The minimum Gasteiger partial charge on any atom is -0.461 e. The summed E-state index contributed by atoms with van der Waals surface area (Å²) < 4.78 is 4.69. The first-order valence-electron chi connectivity index (χ1n) is 3.98. The Morgan fingerprint density at radius 3 is 2.92 bits per heavy atom. The van der Waals surface area contributed by atoms with E-state index in [-0.39, 0.29) is 6.61 Å². The predicted octanol–water partition coefficient (Wildman–Crippen LogP) is -0.232. The van der Waals surface area contributed by atoms with Crippen molar-refractivity contribution in [1.82, 2.24) is 0 Å². The fourth-order valence-electron chi connectivity index (χ4n) is 1.03. The molecule has 0 amide bonds. The third-order valence-corrected chi connectivity index (χ3v) is 1.76. The van der Waals surface area contributed by atoms with Crippen molar-refractivity contribution in [2.75, 3.05) is 6.61 Å². The number of hydrogen-bond acceptors (Lipinski definition) is 4. The second-order valence-electron chi connectivity index (χ2n) is 2.84. The van der Waals surface area contributed by atoms with Gasteiger partial charge in [-0.3, -0.25) is 4.79 Å². The zero-order chi connectivity index (χ0) is 9.84. The second-order valence-corrected chi connectivity index (χ2v) is 2.84. The van der Waals surface area contributed by atoms with Crippen LogP contribution in [0.1, 0.15) is 6.92 Å². The first kappa shape index (κ1) is 9.95. The summed E-state index contributed by atoms with van der Waals surface area (Å²) in [5, 5.41) is 18.6. The maximum atomic E-state index is 10.5. The smallest absolute Gasteiger partial charge is 0.302 e. The minimum atomic E-state index is -0.968. The first-order valence-corrected chi connectivity index (χ1v) is 3.98. The molecule has 0 aromatic carbocycles. The van der Waals surface area contributed by atoms with E-state index in [9.17, 15) is 15.0 Å². The van der Waals surface area contributed by atoms with Gasteiger partial charge in [0.1, 0.15) is 18.8 Å². The minimum absolute atomic E-state index is 0.0257. The number of aliphatic hydroxyl groups excluding tert-OH is 2. The van der Waals surface area contributed by atoms with Gasteiger partial charge >= 0.3 is 5.97 Å². The highest BCUT2D eigenvalue weighted by molar-refractivity contribution is 5.66. The van der Waals surface area contributed by atoms with Crippen molar-refractivity contribution < 1.29 is 19.7 Å². The van der Waals surface area contributed by atoms with Crippen LogP contribution in [0.15, 0.2) is 23.8 Å². The van der Waals surface area contributed by atoms with Gasteiger partial charge in [0.2, 0.25) is 0 Å². The van der Waals surface area contributed by atoms with Crippen molar-refractivity contribution in [1.29, 1.82) is 0 Å². The maximum Gasteiger partial charge on any atom is 0.302 e. The topological polar surface area (TPSA) is 66.8 Å². The molecule has 2 unspecified atom stereocenters. The third-order valence-electron chi connectivity index (χ3n) is 1.76. The number of ether oxygens (including phenoxy) is 1. The Hall–Kier alpha value is -1.13.